The molecule has 1 aromatic heterocycles. The third kappa shape index (κ3) is 2.83. The van der Waals surface area contributed by atoms with Crippen molar-refractivity contribution < 1.29 is 9.66 Å². The van der Waals surface area contributed by atoms with E-state index in [2.05, 4.69) is 10.3 Å². The fraction of sp³-hybridized carbons (Fsp3) is 0.500. The number of nitrogens with zero attached hydrogens (tertiary/aromatic N) is 2. The summed E-state index contributed by atoms with van der Waals surface area (Å²) >= 11 is 5.72. The molecule has 6 nitrogen and oxygen atoms in total. The van der Waals surface area contributed by atoms with Gasteiger partial charge in [-0.05, 0) is 18.9 Å². The first-order valence-electron chi connectivity index (χ1n) is 5.31. The molecule has 2 heterocycles. The van der Waals surface area contributed by atoms with Gasteiger partial charge in [0.1, 0.15) is 5.69 Å². The lowest BCUT2D eigenvalue weighted by molar-refractivity contribution is -0.384. The van der Waals surface area contributed by atoms with Crippen LogP contribution < -0.4 is 5.32 Å². The Hall–Kier alpha value is -1.40. The van der Waals surface area contributed by atoms with Crippen molar-refractivity contribution in [1.82, 2.24) is 4.98 Å². The zero-order valence-corrected chi connectivity index (χ0v) is 9.81. The number of aromatic nitrogens is 1. The quantitative estimate of drug-likeness (QED) is 0.510. The maximum Gasteiger partial charge on any atom is 0.329 e. The third-order valence-electron chi connectivity index (χ3n) is 2.64. The monoisotopic (exact) mass is 257 g/mol. The average molecular weight is 258 g/mol. The SMILES string of the molecule is O=[N+]([O-])c1c(NC2CCOCC2)ccnc1Cl. The molecule has 1 saturated heterocycles. The molecule has 2 rings (SSSR count). The van der Waals surface area contributed by atoms with Crippen LogP contribution in [0, 0.1) is 10.1 Å². The van der Waals surface area contributed by atoms with E-state index >= 15 is 0 Å². The van der Waals surface area contributed by atoms with Gasteiger partial charge in [-0.1, -0.05) is 11.6 Å². The molecular formula is C10H12ClN3O3. The summed E-state index contributed by atoms with van der Waals surface area (Å²) in [5, 5.41) is 13.9. The van der Waals surface area contributed by atoms with Gasteiger partial charge in [-0.15, -0.1) is 0 Å². The molecule has 0 spiro atoms. The maximum atomic E-state index is 10.9. The van der Waals surface area contributed by atoms with E-state index in [-0.39, 0.29) is 16.9 Å². The van der Waals surface area contributed by atoms with Crippen LogP contribution in [0.1, 0.15) is 12.8 Å². The van der Waals surface area contributed by atoms with Crippen LogP contribution in [0.4, 0.5) is 11.4 Å². The molecule has 7 heteroatoms. The molecule has 0 atom stereocenters. The first kappa shape index (κ1) is 12.1. The third-order valence-corrected chi connectivity index (χ3v) is 2.92. The number of hydrogen-bond acceptors (Lipinski definition) is 5. The smallest absolute Gasteiger partial charge is 0.329 e. The molecule has 92 valence electrons. The first-order valence-corrected chi connectivity index (χ1v) is 5.69. The Morgan fingerprint density at radius 3 is 2.88 bits per heavy atom. The second kappa shape index (κ2) is 5.29. The van der Waals surface area contributed by atoms with Crippen LogP contribution in [0.3, 0.4) is 0 Å². The van der Waals surface area contributed by atoms with Gasteiger partial charge in [0.2, 0.25) is 5.15 Å². The van der Waals surface area contributed by atoms with Gasteiger partial charge in [0.05, 0.1) is 4.92 Å². The number of pyridine rings is 1. The van der Waals surface area contributed by atoms with Gasteiger partial charge in [0.15, 0.2) is 0 Å². The van der Waals surface area contributed by atoms with Gasteiger partial charge in [-0.2, -0.15) is 0 Å². The summed E-state index contributed by atoms with van der Waals surface area (Å²) in [6, 6.07) is 1.75. The molecule has 1 aliphatic heterocycles. The van der Waals surface area contributed by atoms with Gasteiger partial charge in [0, 0.05) is 25.5 Å². The van der Waals surface area contributed by atoms with Crippen LogP contribution in [-0.4, -0.2) is 29.2 Å². The summed E-state index contributed by atoms with van der Waals surface area (Å²) in [5.41, 5.74) is 0.252. The van der Waals surface area contributed by atoms with Crippen molar-refractivity contribution in [1.29, 1.82) is 0 Å². The molecule has 0 radical (unpaired) electrons. The number of anilines is 1. The second-order valence-electron chi connectivity index (χ2n) is 3.79. The summed E-state index contributed by atoms with van der Waals surface area (Å²) in [6.07, 6.45) is 3.12. The highest BCUT2D eigenvalue weighted by molar-refractivity contribution is 6.32. The lowest BCUT2D eigenvalue weighted by atomic mass is 10.1. The van der Waals surface area contributed by atoms with Crippen LogP contribution in [0.2, 0.25) is 5.15 Å². The Balaban J connectivity index is 2.19. The van der Waals surface area contributed by atoms with Crippen molar-refractivity contribution in [3.63, 3.8) is 0 Å². The Morgan fingerprint density at radius 1 is 1.53 bits per heavy atom. The summed E-state index contributed by atoms with van der Waals surface area (Å²) in [7, 11) is 0. The fourth-order valence-corrected chi connectivity index (χ4v) is 2.01. The lowest BCUT2D eigenvalue weighted by Gasteiger charge is -2.23. The number of hydrogen-bond donors (Lipinski definition) is 1. The number of nitro groups is 1. The maximum absolute atomic E-state index is 10.9. The van der Waals surface area contributed by atoms with Crippen LogP contribution in [0.5, 0.6) is 0 Å². The summed E-state index contributed by atoms with van der Waals surface area (Å²) < 4.78 is 5.23. The Kier molecular flexibility index (Phi) is 3.75. The second-order valence-corrected chi connectivity index (χ2v) is 4.14. The molecule has 0 aliphatic carbocycles. The van der Waals surface area contributed by atoms with E-state index in [9.17, 15) is 10.1 Å². The minimum absolute atomic E-state index is 0.0907. The highest BCUT2D eigenvalue weighted by Crippen LogP contribution is 2.31. The zero-order valence-electron chi connectivity index (χ0n) is 9.06. The van der Waals surface area contributed by atoms with Crippen molar-refractivity contribution in [2.45, 2.75) is 18.9 Å². The van der Waals surface area contributed by atoms with Crippen molar-refractivity contribution in [2.75, 3.05) is 18.5 Å². The van der Waals surface area contributed by atoms with Crippen molar-refractivity contribution >= 4 is 23.0 Å². The molecule has 0 saturated carbocycles. The van der Waals surface area contributed by atoms with E-state index in [0.29, 0.717) is 18.9 Å². The highest BCUT2D eigenvalue weighted by atomic mass is 35.5. The lowest BCUT2D eigenvalue weighted by Crippen LogP contribution is -2.28. The van der Waals surface area contributed by atoms with Gasteiger partial charge in [0.25, 0.3) is 0 Å². The Morgan fingerprint density at radius 2 is 2.24 bits per heavy atom. The molecule has 17 heavy (non-hydrogen) atoms. The van der Waals surface area contributed by atoms with Crippen LogP contribution in [0.15, 0.2) is 12.3 Å². The predicted octanol–water partition coefficient (Wildman–Crippen LogP) is 2.23. The minimum atomic E-state index is -0.517. The van der Waals surface area contributed by atoms with Gasteiger partial charge >= 0.3 is 5.69 Å². The standard InChI is InChI=1S/C10H12ClN3O3/c11-10-9(14(15)16)8(1-4-12-10)13-7-2-5-17-6-3-7/h1,4,7H,2-3,5-6H2,(H,12,13). The summed E-state index contributed by atoms with van der Waals surface area (Å²) in [4.78, 5) is 14.1. The number of ether oxygens (including phenoxy) is 1. The molecular weight excluding hydrogens is 246 g/mol. The van der Waals surface area contributed by atoms with Gasteiger partial charge in [-0.3, -0.25) is 10.1 Å². The van der Waals surface area contributed by atoms with Crippen LogP contribution in [0.25, 0.3) is 0 Å². The van der Waals surface area contributed by atoms with Gasteiger partial charge in [-0.25, -0.2) is 4.98 Å². The van der Waals surface area contributed by atoms with E-state index in [1.807, 2.05) is 0 Å². The summed E-state index contributed by atoms with van der Waals surface area (Å²) in [5.74, 6) is 0. The van der Waals surface area contributed by atoms with E-state index in [1.54, 1.807) is 6.07 Å². The molecule has 0 aromatic carbocycles. The van der Waals surface area contributed by atoms with Crippen molar-refractivity contribution in [3.8, 4) is 0 Å². The van der Waals surface area contributed by atoms with Crippen molar-refractivity contribution in [3.05, 3.63) is 27.5 Å². The number of nitrogens with one attached hydrogen (secondary N) is 1. The van der Waals surface area contributed by atoms with Crippen molar-refractivity contribution in [2.24, 2.45) is 0 Å². The average Bonchev–Trinajstić information content (AvgIpc) is 2.30. The van der Waals surface area contributed by atoms with E-state index in [0.717, 1.165) is 12.8 Å². The first-order chi connectivity index (χ1) is 8.18. The number of halogens is 1. The van der Waals surface area contributed by atoms with E-state index < -0.39 is 4.92 Å². The predicted molar refractivity (Wildman–Crippen MR) is 63.4 cm³/mol. The molecule has 0 amide bonds. The van der Waals surface area contributed by atoms with E-state index in [1.165, 1.54) is 6.20 Å². The minimum Gasteiger partial charge on any atom is -0.381 e. The molecule has 1 fully saturated rings. The summed E-state index contributed by atoms with van der Waals surface area (Å²) in [6.45, 7) is 1.34. The molecule has 1 aromatic rings. The fourth-order valence-electron chi connectivity index (χ4n) is 1.78. The van der Waals surface area contributed by atoms with E-state index in [4.69, 9.17) is 16.3 Å². The molecule has 1 aliphatic rings. The molecule has 0 bridgehead atoms. The Labute approximate surface area is 103 Å². The Bertz CT molecular complexity index is 421. The normalized spacial score (nSPS) is 16.8. The highest BCUT2D eigenvalue weighted by Gasteiger charge is 2.22. The molecule has 1 N–H and O–H groups in total. The molecule has 0 unspecified atom stereocenters. The number of rotatable bonds is 3. The zero-order chi connectivity index (χ0) is 12.3. The topological polar surface area (TPSA) is 77.3 Å². The van der Waals surface area contributed by atoms with Crippen LogP contribution in [-0.2, 0) is 4.74 Å². The largest absolute Gasteiger partial charge is 0.381 e. The van der Waals surface area contributed by atoms with Gasteiger partial charge < -0.3 is 10.1 Å². The van der Waals surface area contributed by atoms with Crippen LogP contribution >= 0.6 is 11.6 Å².